The van der Waals surface area contributed by atoms with Crippen LogP contribution in [0.4, 0.5) is 0 Å². The number of hydrogen-bond donors (Lipinski definition) is 0. The van der Waals surface area contributed by atoms with Crippen molar-refractivity contribution in [3.63, 3.8) is 0 Å². The summed E-state index contributed by atoms with van der Waals surface area (Å²) in [6, 6.07) is 0. The molecule has 4 unspecified atom stereocenters. The molecule has 1 saturated heterocycles. The summed E-state index contributed by atoms with van der Waals surface area (Å²) in [7, 11) is 0. The molecule has 11 heavy (non-hydrogen) atoms. The highest BCUT2D eigenvalue weighted by molar-refractivity contribution is 5.09. The number of ether oxygens (including phenoxy) is 1. The fourth-order valence-corrected chi connectivity index (χ4v) is 2.33. The lowest BCUT2D eigenvalue weighted by molar-refractivity contribution is 0.234. The van der Waals surface area contributed by atoms with Crippen LogP contribution in [0.5, 0.6) is 0 Å². The van der Waals surface area contributed by atoms with Gasteiger partial charge in [-0.2, -0.15) is 0 Å². The Balaban J connectivity index is 2.02. The Labute approximate surface area is 69.1 Å². The van der Waals surface area contributed by atoms with E-state index in [1.165, 1.54) is 19.3 Å². The average molecular weight is 153 g/mol. The van der Waals surface area contributed by atoms with Crippen LogP contribution in [0.25, 0.3) is 0 Å². The minimum absolute atomic E-state index is 0.215. The molecule has 1 aliphatic carbocycles. The van der Waals surface area contributed by atoms with Gasteiger partial charge in [0.25, 0.3) is 0 Å². The Morgan fingerprint density at radius 2 is 2.36 bits per heavy atom. The quantitative estimate of drug-likeness (QED) is 0.527. The third kappa shape index (κ3) is 1.01. The second kappa shape index (κ2) is 2.22. The van der Waals surface area contributed by atoms with Gasteiger partial charge < -0.3 is 4.74 Å². The van der Waals surface area contributed by atoms with Crippen molar-refractivity contribution in [3.05, 3.63) is 6.92 Å². The molecule has 0 bridgehead atoms. The van der Waals surface area contributed by atoms with Crippen molar-refractivity contribution in [1.29, 1.82) is 0 Å². The fourth-order valence-electron chi connectivity index (χ4n) is 2.33. The monoisotopic (exact) mass is 153 g/mol. The third-order valence-electron chi connectivity index (χ3n) is 3.33. The molecule has 0 N–H and O–H groups in total. The molecule has 2 fully saturated rings. The van der Waals surface area contributed by atoms with Gasteiger partial charge >= 0.3 is 0 Å². The van der Waals surface area contributed by atoms with Crippen LogP contribution in [0.1, 0.15) is 33.1 Å². The predicted octanol–water partition coefficient (Wildman–Crippen LogP) is 2.41. The minimum Gasteiger partial charge on any atom is -0.366 e. The third-order valence-corrected chi connectivity index (χ3v) is 3.33. The summed E-state index contributed by atoms with van der Waals surface area (Å²) in [4.78, 5) is 0. The molecule has 0 aromatic heterocycles. The van der Waals surface area contributed by atoms with Crippen LogP contribution in [-0.4, -0.2) is 11.7 Å². The van der Waals surface area contributed by atoms with Gasteiger partial charge in [0.2, 0.25) is 0 Å². The van der Waals surface area contributed by atoms with Gasteiger partial charge in [-0.15, -0.1) is 0 Å². The molecule has 1 aliphatic heterocycles. The zero-order valence-corrected chi connectivity index (χ0v) is 7.47. The van der Waals surface area contributed by atoms with Crippen molar-refractivity contribution in [1.82, 2.24) is 0 Å². The lowest BCUT2D eigenvalue weighted by Gasteiger charge is -2.24. The maximum absolute atomic E-state index is 5.73. The van der Waals surface area contributed by atoms with E-state index in [1.54, 1.807) is 0 Å². The van der Waals surface area contributed by atoms with E-state index in [4.69, 9.17) is 4.74 Å². The Kier molecular flexibility index (Phi) is 1.54. The van der Waals surface area contributed by atoms with Gasteiger partial charge in [-0.05, 0) is 38.0 Å². The molecular formula is C10H17O. The lowest BCUT2D eigenvalue weighted by atomic mass is 9.77. The number of epoxide rings is 1. The maximum Gasteiger partial charge on any atom is 0.0973 e. The molecule has 2 rings (SSSR count). The van der Waals surface area contributed by atoms with Gasteiger partial charge in [-0.25, -0.2) is 0 Å². The topological polar surface area (TPSA) is 12.5 Å². The predicted molar refractivity (Wildman–Crippen MR) is 45.1 cm³/mol. The van der Waals surface area contributed by atoms with E-state index < -0.39 is 0 Å². The second-order valence-corrected chi connectivity index (χ2v) is 4.34. The zero-order chi connectivity index (χ0) is 8.06. The number of fused-ring (bicyclic) bond motifs is 1. The molecule has 1 heteroatoms. The molecule has 0 aromatic rings. The summed E-state index contributed by atoms with van der Waals surface area (Å²) >= 11 is 0. The standard InChI is InChI=1S/C10H17O/c1-7(2)10-5-4-8(3)6-9(10)11-10/h7-9H,1,4-6H2,2-3H3. The van der Waals surface area contributed by atoms with E-state index in [0.717, 1.165) is 5.92 Å². The molecule has 0 amide bonds. The molecule has 4 atom stereocenters. The smallest absolute Gasteiger partial charge is 0.0973 e. The van der Waals surface area contributed by atoms with Crippen molar-refractivity contribution >= 4 is 0 Å². The van der Waals surface area contributed by atoms with Crippen molar-refractivity contribution in [3.8, 4) is 0 Å². The minimum atomic E-state index is 0.215. The highest BCUT2D eigenvalue weighted by Gasteiger charge is 2.59. The summed E-state index contributed by atoms with van der Waals surface area (Å²) in [5.74, 6) is 1.34. The normalized spacial score (nSPS) is 49.1. The molecule has 0 spiro atoms. The Morgan fingerprint density at radius 3 is 2.91 bits per heavy atom. The molecule has 1 radical (unpaired) electrons. The van der Waals surface area contributed by atoms with E-state index in [2.05, 4.69) is 20.8 Å². The van der Waals surface area contributed by atoms with Crippen LogP contribution >= 0.6 is 0 Å². The molecule has 1 nitrogen and oxygen atoms in total. The highest BCUT2D eigenvalue weighted by atomic mass is 16.6. The van der Waals surface area contributed by atoms with Crippen molar-refractivity contribution < 1.29 is 4.74 Å². The van der Waals surface area contributed by atoms with Crippen LogP contribution in [0.3, 0.4) is 0 Å². The first-order valence-corrected chi connectivity index (χ1v) is 4.66. The van der Waals surface area contributed by atoms with Gasteiger partial charge in [0.05, 0.1) is 11.7 Å². The lowest BCUT2D eigenvalue weighted by Crippen LogP contribution is -2.28. The van der Waals surface area contributed by atoms with Crippen LogP contribution in [0.2, 0.25) is 0 Å². The summed E-state index contributed by atoms with van der Waals surface area (Å²) in [6.45, 7) is 8.57. The first-order valence-electron chi connectivity index (χ1n) is 4.66. The molecular weight excluding hydrogens is 136 g/mol. The summed E-state index contributed by atoms with van der Waals surface area (Å²) in [5.41, 5.74) is 0.215. The summed E-state index contributed by atoms with van der Waals surface area (Å²) < 4.78 is 5.73. The molecule has 1 saturated carbocycles. The molecule has 2 aliphatic rings. The maximum atomic E-state index is 5.73. The van der Waals surface area contributed by atoms with E-state index in [0.29, 0.717) is 12.0 Å². The highest BCUT2D eigenvalue weighted by Crippen LogP contribution is 2.53. The van der Waals surface area contributed by atoms with Gasteiger partial charge in [-0.1, -0.05) is 13.8 Å². The van der Waals surface area contributed by atoms with Gasteiger partial charge in [0.1, 0.15) is 0 Å². The Bertz CT molecular complexity index is 164. The second-order valence-electron chi connectivity index (χ2n) is 4.34. The zero-order valence-electron chi connectivity index (χ0n) is 7.47. The fraction of sp³-hybridized carbons (Fsp3) is 0.900. The van der Waals surface area contributed by atoms with Crippen molar-refractivity contribution in [2.75, 3.05) is 0 Å². The van der Waals surface area contributed by atoms with Crippen LogP contribution in [0.15, 0.2) is 0 Å². The van der Waals surface area contributed by atoms with Crippen molar-refractivity contribution in [2.24, 2.45) is 11.8 Å². The van der Waals surface area contributed by atoms with E-state index >= 15 is 0 Å². The van der Waals surface area contributed by atoms with E-state index in [9.17, 15) is 0 Å². The first-order chi connectivity index (χ1) is 5.15. The molecule has 0 aromatic carbocycles. The number of hydrogen-bond acceptors (Lipinski definition) is 1. The summed E-state index contributed by atoms with van der Waals surface area (Å²) in [6.07, 6.45) is 4.39. The van der Waals surface area contributed by atoms with Gasteiger partial charge in [0, 0.05) is 0 Å². The van der Waals surface area contributed by atoms with Gasteiger partial charge in [0.15, 0.2) is 0 Å². The van der Waals surface area contributed by atoms with Crippen LogP contribution in [-0.2, 0) is 4.74 Å². The molecule has 63 valence electrons. The van der Waals surface area contributed by atoms with Gasteiger partial charge in [-0.3, -0.25) is 0 Å². The number of rotatable bonds is 1. The van der Waals surface area contributed by atoms with E-state index in [1.807, 2.05) is 0 Å². The largest absolute Gasteiger partial charge is 0.366 e. The Morgan fingerprint density at radius 1 is 1.64 bits per heavy atom. The molecule has 1 heterocycles. The average Bonchev–Trinajstić information content (AvgIpc) is 2.62. The van der Waals surface area contributed by atoms with Crippen LogP contribution < -0.4 is 0 Å². The Hall–Kier alpha value is -0.0400. The SMILES string of the molecule is [CH2]C(C)C12CCC(C)CC1O2. The summed E-state index contributed by atoms with van der Waals surface area (Å²) in [5, 5.41) is 0. The first kappa shape index (κ1) is 7.60. The van der Waals surface area contributed by atoms with E-state index in [-0.39, 0.29) is 5.60 Å². The van der Waals surface area contributed by atoms with Crippen LogP contribution in [0, 0.1) is 18.8 Å². The van der Waals surface area contributed by atoms with Crippen molar-refractivity contribution in [2.45, 2.75) is 44.8 Å².